The number of quaternary nitrogens is 1. The van der Waals surface area contributed by atoms with E-state index in [1.54, 1.807) is 13.2 Å². The molecule has 1 aliphatic rings. The first-order valence-corrected chi connectivity index (χ1v) is 12.9. The summed E-state index contributed by atoms with van der Waals surface area (Å²) in [6.07, 6.45) is 5.37. The number of hydrogen-bond acceptors (Lipinski definition) is 8. The first-order chi connectivity index (χ1) is 19.4. The fourth-order valence-electron chi connectivity index (χ4n) is 4.93. The molecule has 12 nitrogen and oxygen atoms in total. The van der Waals surface area contributed by atoms with E-state index in [4.69, 9.17) is 25.5 Å². The molecule has 12 heteroatoms. The molecule has 1 fully saturated rings. The maximum Gasteiger partial charge on any atom is 0.255 e. The zero-order chi connectivity index (χ0) is 28.2. The summed E-state index contributed by atoms with van der Waals surface area (Å²) in [6.45, 7) is 3.09. The summed E-state index contributed by atoms with van der Waals surface area (Å²) in [5.74, 6) is -0.397. The number of rotatable bonds is 5. The van der Waals surface area contributed by atoms with Gasteiger partial charge in [0.15, 0.2) is 5.65 Å². The molecular weight excluding hydrogens is 512 g/mol. The molecule has 3 aromatic heterocycles. The van der Waals surface area contributed by atoms with Gasteiger partial charge in [0.05, 0.1) is 37.3 Å². The second-order valence-electron chi connectivity index (χ2n) is 9.49. The Balaban J connectivity index is 0.000000758. The van der Waals surface area contributed by atoms with Crippen LogP contribution in [0.4, 0.5) is 11.5 Å². The van der Waals surface area contributed by atoms with Gasteiger partial charge in [-0.05, 0) is 42.6 Å². The number of carbonyl (C=O) groups is 2. The van der Waals surface area contributed by atoms with Crippen molar-refractivity contribution in [2.75, 3.05) is 31.2 Å². The highest BCUT2D eigenvalue weighted by atomic mass is 16.5. The number of methoxy groups -OCH3 is 1. The lowest BCUT2D eigenvalue weighted by Crippen LogP contribution is -2.86. The van der Waals surface area contributed by atoms with E-state index in [2.05, 4.69) is 25.6 Å². The number of nitrogens with one attached hydrogen (secondary N) is 2. The number of carboxylic acid groups (broad SMARTS) is 1. The summed E-state index contributed by atoms with van der Waals surface area (Å²) < 4.78 is 7.64. The van der Waals surface area contributed by atoms with Gasteiger partial charge in [-0.15, -0.1) is 0 Å². The smallest absolute Gasteiger partial charge is 0.255 e. The minimum atomic E-state index is -1.08. The number of nitrogens with two attached hydrogens (primary N) is 2. The van der Waals surface area contributed by atoms with E-state index in [1.807, 2.05) is 47.3 Å². The number of benzene rings is 2. The fourth-order valence-corrected chi connectivity index (χ4v) is 4.93. The average Bonchev–Trinajstić information content (AvgIpc) is 3.59. The SMILES string of the molecule is CC(=O)[O-].COc1cc(-c2nn(C3CC[NH2+]CC3)c3ncnc(N)c23)ccc1NC(=O)c1ccc2cc[nH]c2c1. The van der Waals surface area contributed by atoms with Crippen molar-refractivity contribution in [2.45, 2.75) is 25.8 Å². The van der Waals surface area contributed by atoms with Gasteiger partial charge in [-0.1, -0.05) is 12.1 Å². The van der Waals surface area contributed by atoms with E-state index >= 15 is 0 Å². The van der Waals surface area contributed by atoms with E-state index in [9.17, 15) is 4.79 Å². The second-order valence-corrected chi connectivity index (χ2v) is 9.49. The van der Waals surface area contributed by atoms with Crippen LogP contribution in [0.15, 0.2) is 55.0 Å². The van der Waals surface area contributed by atoms with Gasteiger partial charge in [0.2, 0.25) is 0 Å². The Morgan fingerprint density at radius 1 is 1.15 bits per heavy atom. The molecule has 0 atom stereocenters. The molecular formula is C28H30N8O4. The third-order valence-electron chi connectivity index (χ3n) is 6.81. The van der Waals surface area contributed by atoms with Crippen LogP contribution in [0.1, 0.15) is 36.2 Å². The monoisotopic (exact) mass is 542 g/mol. The van der Waals surface area contributed by atoms with E-state index in [0.717, 1.165) is 60.4 Å². The molecule has 2 aromatic carbocycles. The number of hydrogen-bond donors (Lipinski definition) is 4. The van der Waals surface area contributed by atoms with E-state index in [-0.39, 0.29) is 11.9 Å². The minimum Gasteiger partial charge on any atom is -0.550 e. The number of anilines is 2. The van der Waals surface area contributed by atoms with Crippen LogP contribution in [-0.4, -0.2) is 56.8 Å². The number of nitrogens with zero attached hydrogens (tertiary/aromatic N) is 4. The quantitative estimate of drug-likeness (QED) is 0.258. The van der Waals surface area contributed by atoms with Crippen LogP contribution in [0.2, 0.25) is 0 Å². The van der Waals surface area contributed by atoms with Crippen LogP contribution in [0.25, 0.3) is 33.2 Å². The maximum atomic E-state index is 13.0. The molecule has 1 amide bonds. The Bertz CT molecular complexity index is 1680. The van der Waals surface area contributed by atoms with Crippen molar-refractivity contribution in [1.82, 2.24) is 24.7 Å². The molecule has 4 heterocycles. The molecule has 0 saturated carbocycles. The number of nitrogen functional groups attached to an aromatic ring is 1. The fraction of sp³-hybridized carbons (Fsp3) is 0.250. The summed E-state index contributed by atoms with van der Waals surface area (Å²) in [7, 11) is 1.58. The number of aromatic amines is 1. The van der Waals surface area contributed by atoms with Gasteiger partial charge in [0, 0.05) is 41.7 Å². The topological polar surface area (TPSA) is 180 Å². The lowest BCUT2D eigenvalue weighted by Gasteiger charge is -2.21. The van der Waals surface area contributed by atoms with Crippen molar-refractivity contribution in [3.8, 4) is 17.0 Å². The van der Waals surface area contributed by atoms with Gasteiger partial charge in [0.1, 0.15) is 23.6 Å². The molecule has 0 spiro atoms. The number of aliphatic carboxylic acids is 1. The van der Waals surface area contributed by atoms with Crippen LogP contribution in [0.3, 0.4) is 0 Å². The summed E-state index contributed by atoms with van der Waals surface area (Å²) >= 11 is 0. The van der Waals surface area contributed by atoms with Crippen LogP contribution >= 0.6 is 0 Å². The van der Waals surface area contributed by atoms with Crippen LogP contribution in [-0.2, 0) is 4.79 Å². The molecule has 1 saturated heterocycles. The number of amides is 1. The van der Waals surface area contributed by atoms with E-state index in [0.29, 0.717) is 28.5 Å². The lowest BCUT2D eigenvalue weighted by atomic mass is 10.1. The molecule has 0 aliphatic carbocycles. The van der Waals surface area contributed by atoms with Gasteiger partial charge < -0.3 is 36.0 Å². The third-order valence-corrected chi connectivity index (χ3v) is 6.81. The predicted molar refractivity (Wildman–Crippen MR) is 149 cm³/mol. The maximum absolute atomic E-state index is 13.0. The summed E-state index contributed by atoms with van der Waals surface area (Å²) in [5.41, 5.74) is 10.6. The number of fused-ring (bicyclic) bond motifs is 2. The van der Waals surface area contributed by atoms with Crippen molar-refractivity contribution in [3.05, 3.63) is 60.6 Å². The highest BCUT2D eigenvalue weighted by Crippen LogP contribution is 2.36. The Hall–Kier alpha value is -4.97. The van der Waals surface area contributed by atoms with E-state index in [1.165, 1.54) is 6.33 Å². The summed E-state index contributed by atoms with van der Waals surface area (Å²) in [4.78, 5) is 33.7. The van der Waals surface area contributed by atoms with Crippen LogP contribution in [0, 0.1) is 0 Å². The largest absolute Gasteiger partial charge is 0.550 e. The average molecular weight is 543 g/mol. The number of H-pyrrole nitrogens is 1. The van der Waals surface area contributed by atoms with Gasteiger partial charge >= 0.3 is 0 Å². The zero-order valence-corrected chi connectivity index (χ0v) is 22.2. The van der Waals surface area contributed by atoms with Gasteiger partial charge in [-0.25, -0.2) is 14.6 Å². The van der Waals surface area contributed by atoms with Gasteiger partial charge in [0.25, 0.3) is 5.91 Å². The summed E-state index contributed by atoms with van der Waals surface area (Å²) in [5, 5.41) is 20.9. The Morgan fingerprint density at radius 3 is 2.67 bits per heavy atom. The predicted octanol–water partition coefficient (Wildman–Crippen LogP) is 1.47. The van der Waals surface area contributed by atoms with E-state index < -0.39 is 5.97 Å². The van der Waals surface area contributed by atoms with Crippen molar-refractivity contribution >= 4 is 45.3 Å². The number of piperidine rings is 1. The Kier molecular flexibility index (Phi) is 7.60. The molecule has 6 N–H and O–H groups in total. The normalized spacial score (nSPS) is 13.6. The van der Waals surface area contributed by atoms with Crippen LogP contribution in [0.5, 0.6) is 5.75 Å². The molecule has 206 valence electrons. The molecule has 0 bridgehead atoms. The molecule has 6 rings (SSSR count). The highest BCUT2D eigenvalue weighted by molar-refractivity contribution is 6.07. The molecule has 0 radical (unpaired) electrons. The van der Waals surface area contributed by atoms with Crippen molar-refractivity contribution in [1.29, 1.82) is 0 Å². The first-order valence-electron chi connectivity index (χ1n) is 12.9. The lowest BCUT2D eigenvalue weighted by molar-refractivity contribution is -0.664. The van der Waals surface area contributed by atoms with Gasteiger partial charge in [-0.2, -0.15) is 5.10 Å². The number of carbonyl (C=O) groups excluding carboxylic acids is 2. The number of ether oxygens (including phenoxy) is 1. The van der Waals surface area contributed by atoms with Crippen molar-refractivity contribution in [2.24, 2.45) is 0 Å². The number of aromatic nitrogens is 5. The van der Waals surface area contributed by atoms with Crippen molar-refractivity contribution < 1.29 is 24.7 Å². The second kappa shape index (κ2) is 11.4. The molecule has 40 heavy (non-hydrogen) atoms. The molecule has 0 unspecified atom stereocenters. The molecule has 5 aromatic rings. The van der Waals surface area contributed by atoms with Gasteiger partial charge in [-0.3, -0.25) is 4.79 Å². The minimum absolute atomic E-state index is 0.223. The van der Waals surface area contributed by atoms with Crippen molar-refractivity contribution in [3.63, 3.8) is 0 Å². The summed E-state index contributed by atoms with van der Waals surface area (Å²) in [6, 6.07) is 13.4. The molecule has 1 aliphatic heterocycles. The van der Waals surface area contributed by atoms with Crippen LogP contribution < -0.4 is 26.2 Å². The first kappa shape index (κ1) is 26.6. The highest BCUT2D eigenvalue weighted by Gasteiger charge is 2.25. The third kappa shape index (κ3) is 5.43. The standard InChI is InChI=1S/C26H26N8O2.C2H4O2/c1-36-21-13-16(4-5-19(21)32-26(35)17-3-2-15-6-11-29-20(15)12-17)23-22-24(27)30-14-31-25(22)34(33-23)18-7-9-28-10-8-18;1-2(3)4/h2-6,11-14,18,28-29H,7-10H2,1H3,(H,32,35)(H2,27,30,31);1H3,(H,3,4). The Labute approximate surface area is 229 Å². The zero-order valence-electron chi connectivity index (χ0n) is 22.2. The number of carboxylic acids is 1. The Morgan fingerprint density at radius 2 is 1.93 bits per heavy atom.